The highest BCUT2D eigenvalue weighted by atomic mass is 32.1. The number of fused-ring (bicyclic) bond motifs is 1. The van der Waals surface area contributed by atoms with Gasteiger partial charge in [-0.25, -0.2) is 9.50 Å². The van der Waals surface area contributed by atoms with E-state index in [0.29, 0.717) is 30.9 Å². The van der Waals surface area contributed by atoms with Gasteiger partial charge in [0.25, 0.3) is 5.91 Å². The predicted molar refractivity (Wildman–Crippen MR) is 140 cm³/mol. The molecule has 0 spiro atoms. The molecule has 1 saturated heterocycles. The van der Waals surface area contributed by atoms with Crippen LogP contribution in [-0.2, 0) is 6.18 Å². The number of hydrogen-bond acceptors (Lipinski definition) is 6. The highest BCUT2D eigenvalue weighted by molar-refractivity contribution is 7.10. The second-order valence-electron chi connectivity index (χ2n) is 9.49. The topological polar surface area (TPSA) is 63.0 Å². The number of hydrogen-bond donors (Lipinski definition) is 0. The second-order valence-corrected chi connectivity index (χ2v) is 10.5. The van der Waals surface area contributed by atoms with Gasteiger partial charge in [0.05, 0.1) is 19.0 Å². The number of alkyl halides is 3. The van der Waals surface area contributed by atoms with Crippen molar-refractivity contribution in [2.45, 2.75) is 39.0 Å². The summed E-state index contributed by atoms with van der Waals surface area (Å²) in [6, 6.07) is 10.8. The first-order valence-corrected chi connectivity index (χ1v) is 13.2. The minimum Gasteiger partial charge on any atom is -0.497 e. The molecule has 3 aromatic heterocycles. The van der Waals surface area contributed by atoms with Gasteiger partial charge in [-0.15, -0.1) is 11.3 Å². The summed E-state index contributed by atoms with van der Waals surface area (Å²) >= 11 is 1.70. The zero-order valence-electron chi connectivity index (χ0n) is 21.5. The highest BCUT2D eigenvalue weighted by Crippen LogP contribution is 2.37. The molecular weight excluding hydrogens is 515 g/mol. The van der Waals surface area contributed by atoms with Gasteiger partial charge >= 0.3 is 6.18 Å². The Bertz CT molecular complexity index is 1450. The van der Waals surface area contributed by atoms with Crippen molar-refractivity contribution in [1.82, 2.24) is 24.4 Å². The van der Waals surface area contributed by atoms with Gasteiger partial charge in [0.2, 0.25) is 0 Å². The molecule has 38 heavy (non-hydrogen) atoms. The molecule has 1 aromatic carbocycles. The number of nitrogens with zero attached hydrogens (tertiary/aromatic N) is 5. The van der Waals surface area contributed by atoms with Crippen LogP contribution in [0.5, 0.6) is 5.75 Å². The van der Waals surface area contributed by atoms with E-state index in [9.17, 15) is 18.0 Å². The number of benzene rings is 1. The summed E-state index contributed by atoms with van der Waals surface area (Å²) in [5.41, 5.74) is -0.445. The van der Waals surface area contributed by atoms with Crippen LogP contribution < -0.4 is 4.74 Å². The first-order valence-electron chi connectivity index (χ1n) is 12.3. The molecule has 0 unspecified atom stereocenters. The van der Waals surface area contributed by atoms with Crippen LogP contribution in [0.4, 0.5) is 13.2 Å². The van der Waals surface area contributed by atoms with Crippen LogP contribution in [0, 0.1) is 6.92 Å². The smallest absolute Gasteiger partial charge is 0.433 e. The Balaban J connectivity index is 1.51. The largest absolute Gasteiger partial charge is 0.497 e. The average Bonchev–Trinajstić information content (AvgIpc) is 3.57. The maximum Gasteiger partial charge on any atom is 0.433 e. The van der Waals surface area contributed by atoms with Crippen molar-refractivity contribution >= 4 is 22.9 Å². The quantitative estimate of drug-likeness (QED) is 0.323. The lowest BCUT2D eigenvalue weighted by Gasteiger charge is -2.42. The van der Waals surface area contributed by atoms with Crippen LogP contribution in [0.25, 0.3) is 16.9 Å². The normalized spacial score (nSPS) is 17.7. The minimum absolute atomic E-state index is 0.0527. The Kier molecular flexibility index (Phi) is 6.91. The Morgan fingerprint density at radius 3 is 2.53 bits per heavy atom. The molecule has 4 heterocycles. The van der Waals surface area contributed by atoms with Crippen LogP contribution in [0.3, 0.4) is 0 Å². The fourth-order valence-corrected chi connectivity index (χ4v) is 5.91. The molecule has 4 aromatic rings. The number of halogens is 3. The number of rotatable bonds is 5. The Morgan fingerprint density at radius 1 is 1.18 bits per heavy atom. The van der Waals surface area contributed by atoms with E-state index in [2.05, 4.69) is 28.0 Å². The molecule has 11 heteroatoms. The number of amides is 1. The Labute approximate surface area is 222 Å². The molecule has 0 bridgehead atoms. The first kappa shape index (κ1) is 26.2. The van der Waals surface area contributed by atoms with Gasteiger partial charge in [-0.05, 0) is 56.5 Å². The summed E-state index contributed by atoms with van der Waals surface area (Å²) in [5.74, 6) is 0.200. The maximum atomic E-state index is 14.2. The Morgan fingerprint density at radius 2 is 1.92 bits per heavy atom. The van der Waals surface area contributed by atoms with E-state index in [-0.39, 0.29) is 40.5 Å². The van der Waals surface area contributed by atoms with Crippen molar-refractivity contribution in [1.29, 1.82) is 0 Å². The fourth-order valence-electron chi connectivity index (χ4n) is 5.09. The number of piperazine rings is 1. The molecule has 1 aliphatic heterocycles. The van der Waals surface area contributed by atoms with Crippen LogP contribution >= 0.6 is 11.3 Å². The summed E-state index contributed by atoms with van der Waals surface area (Å²) in [6.45, 7) is 7.24. The lowest BCUT2D eigenvalue weighted by molar-refractivity contribution is -0.143. The van der Waals surface area contributed by atoms with E-state index in [1.165, 1.54) is 25.1 Å². The first-order chi connectivity index (χ1) is 18.1. The monoisotopic (exact) mass is 543 g/mol. The third-order valence-electron chi connectivity index (χ3n) is 7.17. The van der Waals surface area contributed by atoms with Crippen molar-refractivity contribution in [3.05, 3.63) is 69.7 Å². The van der Waals surface area contributed by atoms with Gasteiger partial charge in [0.1, 0.15) is 11.3 Å². The molecule has 200 valence electrons. The second kappa shape index (κ2) is 10.0. The maximum absolute atomic E-state index is 14.2. The Hall–Kier alpha value is -3.44. The van der Waals surface area contributed by atoms with E-state index in [0.717, 1.165) is 4.52 Å². The zero-order chi connectivity index (χ0) is 27.2. The van der Waals surface area contributed by atoms with Crippen molar-refractivity contribution < 1.29 is 22.7 Å². The molecule has 0 saturated carbocycles. The van der Waals surface area contributed by atoms with E-state index in [1.807, 2.05) is 18.4 Å². The summed E-state index contributed by atoms with van der Waals surface area (Å²) in [4.78, 5) is 23.5. The number of aromatic nitrogens is 3. The molecule has 0 aliphatic carbocycles. The van der Waals surface area contributed by atoms with Crippen molar-refractivity contribution in [2.24, 2.45) is 0 Å². The van der Waals surface area contributed by atoms with Gasteiger partial charge in [0.15, 0.2) is 11.3 Å². The van der Waals surface area contributed by atoms with Crippen LogP contribution in [0.1, 0.15) is 46.4 Å². The van der Waals surface area contributed by atoms with Gasteiger partial charge in [0, 0.05) is 47.7 Å². The predicted octanol–water partition coefficient (Wildman–Crippen LogP) is 5.70. The summed E-state index contributed by atoms with van der Waals surface area (Å²) in [6.07, 6.45) is -3.50. The van der Waals surface area contributed by atoms with Crippen molar-refractivity contribution in [2.75, 3.05) is 26.7 Å². The zero-order valence-corrected chi connectivity index (χ0v) is 22.3. The SMILES string of the molecule is COc1ccc(-c2nc3c(C(=O)N4CCN([C@@H](C)c5cccs5)C[C@H]4C)cnn3c(C(F)(F)F)c2C)cc1. The summed E-state index contributed by atoms with van der Waals surface area (Å²) in [5, 5.41) is 6.03. The molecule has 0 N–H and O–H groups in total. The highest BCUT2D eigenvalue weighted by Gasteiger charge is 2.39. The molecule has 1 fully saturated rings. The molecule has 2 atom stereocenters. The summed E-state index contributed by atoms with van der Waals surface area (Å²) in [7, 11) is 1.51. The average molecular weight is 544 g/mol. The van der Waals surface area contributed by atoms with E-state index < -0.39 is 11.9 Å². The standard InChI is InChI=1S/C27H28F3N5O2S/c1-16-15-33(18(3)22-6-5-13-38-22)11-12-34(16)26(36)21-14-31-35-24(27(28,29)30)17(2)23(32-25(21)35)19-7-9-20(37-4)10-8-19/h5-10,13-14,16,18H,11-12,15H2,1-4H3/t16-,18+/m1/s1. The lowest BCUT2D eigenvalue weighted by atomic mass is 10.0. The molecule has 1 amide bonds. The van der Waals surface area contributed by atoms with Gasteiger partial charge < -0.3 is 9.64 Å². The number of thiophene rings is 1. The van der Waals surface area contributed by atoms with Gasteiger partial charge in [-0.3, -0.25) is 9.69 Å². The van der Waals surface area contributed by atoms with Crippen molar-refractivity contribution in [3.8, 4) is 17.0 Å². The molecule has 5 rings (SSSR count). The number of methoxy groups -OCH3 is 1. The van der Waals surface area contributed by atoms with E-state index in [4.69, 9.17) is 4.74 Å². The van der Waals surface area contributed by atoms with Crippen LogP contribution in [0.2, 0.25) is 0 Å². The van der Waals surface area contributed by atoms with Gasteiger partial charge in [-0.2, -0.15) is 18.3 Å². The van der Waals surface area contributed by atoms with Gasteiger partial charge in [-0.1, -0.05) is 6.07 Å². The number of carbonyl (C=O) groups excluding carboxylic acids is 1. The molecular formula is C27H28F3N5O2S. The van der Waals surface area contributed by atoms with Crippen LogP contribution in [0.15, 0.2) is 48.0 Å². The number of carbonyl (C=O) groups is 1. The van der Waals surface area contributed by atoms with E-state index >= 15 is 0 Å². The molecule has 7 nitrogen and oxygen atoms in total. The van der Waals surface area contributed by atoms with Crippen molar-refractivity contribution in [3.63, 3.8) is 0 Å². The van der Waals surface area contributed by atoms with Crippen LogP contribution in [-0.4, -0.2) is 63.1 Å². The molecule has 1 aliphatic rings. The fraction of sp³-hybridized carbons (Fsp3) is 0.370. The molecule has 0 radical (unpaired) electrons. The van der Waals surface area contributed by atoms with E-state index in [1.54, 1.807) is 40.5 Å². The third-order valence-corrected chi connectivity index (χ3v) is 8.21. The number of ether oxygens (including phenoxy) is 1. The summed E-state index contributed by atoms with van der Waals surface area (Å²) < 4.78 is 48.7. The minimum atomic E-state index is -4.70. The lowest BCUT2D eigenvalue weighted by Crippen LogP contribution is -2.54. The third kappa shape index (κ3) is 4.64.